The minimum atomic E-state index is -0.288. The number of hydrogen-bond donors (Lipinski definition) is 3. The van der Waals surface area contributed by atoms with Crippen molar-refractivity contribution in [1.82, 2.24) is 25.3 Å². The third kappa shape index (κ3) is 4.14. The number of rotatable bonds is 3. The molecule has 0 aliphatic heterocycles. The Balaban J connectivity index is 1.60. The van der Waals surface area contributed by atoms with Crippen molar-refractivity contribution in [2.75, 3.05) is 5.73 Å². The number of pyridine rings is 2. The lowest BCUT2D eigenvalue weighted by atomic mass is 10.2. The molecule has 7 nitrogen and oxygen atoms in total. The number of aromatic amines is 1. The van der Waals surface area contributed by atoms with Crippen LogP contribution in [0.15, 0.2) is 35.1 Å². The standard InChI is InChI=1S/C17H15BrN6O/c1-10(4-2-5-11-8-12(18)14(19)21-9-11)22-17(25)16-23-13-6-3-7-20-15(13)24-16/h3,6-10H,4H2,1H3,(H2,19,21)(H,22,25)(H,20,23,24)/t10-/m0/s1. The molecule has 0 aliphatic carbocycles. The van der Waals surface area contributed by atoms with Crippen molar-refractivity contribution in [3.05, 3.63) is 46.5 Å². The number of nitrogens with two attached hydrogens (primary N) is 1. The highest BCUT2D eigenvalue weighted by atomic mass is 79.9. The second kappa shape index (κ2) is 7.32. The van der Waals surface area contributed by atoms with Crippen LogP contribution in [0.2, 0.25) is 0 Å². The number of H-pyrrole nitrogens is 1. The van der Waals surface area contributed by atoms with Crippen molar-refractivity contribution in [3.63, 3.8) is 0 Å². The second-order valence-corrected chi connectivity index (χ2v) is 6.29. The fourth-order valence-corrected chi connectivity index (χ4v) is 2.47. The van der Waals surface area contributed by atoms with Crippen LogP contribution >= 0.6 is 15.9 Å². The monoisotopic (exact) mass is 398 g/mol. The molecule has 3 aromatic heterocycles. The van der Waals surface area contributed by atoms with Gasteiger partial charge in [0.25, 0.3) is 5.91 Å². The molecule has 0 aliphatic rings. The quantitative estimate of drug-likeness (QED) is 0.586. The summed E-state index contributed by atoms with van der Waals surface area (Å²) in [6.45, 7) is 1.88. The van der Waals surface area contributed by atoms with Gasteiger partial charge in [0, 0.05) is 30.4 Å². The zero-order valence-corrected chi connectivity index (χ0v) is 15.0. The first kappa shape index (κ1) is 16.9. The summed E-state index contributed by atoms with van der Waals surface area (Å²) in [5, 5.41) is 2.86. The molecule has 8 heteroatoms. The van der Waals surface area contributed by atoms with Gasteiger partial charge < -0.3 is 16.0 Å². The van der Waals surface area contributed by atoms with E-state index in [0.717, 1.165) is 11.1 Å². The van der Waals surface area contributed by atoms with Crippen LogP contribution in [-0.4, -0.2) is 31.9 Å². The summed E-state index contributed by atoms with van der Waals surface area (Å²) in [5.74, 6) is 6.39. The van der Waals surface area contributed by atoms with Crippen LogP contribution in [0.4, 0.5) is 5.82 Å². The van der Waals surface area contributed by atoms with Crippen LogP contribution in [0.3, 0.4) is 0 Å². The topological polar surface area (TPSA) is 110 Å². The normalized spacial score (nSPS) is 11.6. The van der Waals surface area contributed by atoms with Gasteiger partial charge in [0.15, 0.2) is 11.5 Å². The van der Waals surface area contributed by atoms with Crippen LogP contribution in [-0.2, 0) is 0 Å². The van der Waals surface area contributed by atoms with E-state index in [1.807, 2.05) is 13.0 Å². The van der Waals surface area contributed by atoms with E-state index < -0.39 is 0 Å². The van der Waals surface area contributed by atoms with E-state index >= 15 is 0 Å². The lowest BCUT2D eigenvalue weighted by Gasteiger charge is -2.08. The number of nitrogens with one attached hydrogen (secondary N) is 2. The van der Waals surface area contributed by atoms with E-state index in [0.29, 0.717) is 22.4 Å². The number of carbonyl (C=O) groups is 1. The molecule has 3 rings (SSSR count). The molecule has 0 bridgehead atoms. The number of imidazole rings is 1. The summed E-state index contributed by atoms with van der Waals surface area (Å²) in [5.41, 5.74) is 7.63. The zero-order valence-electron chi connectivity index (χ0n) is 13.4. The van der Waals surface area contributed by atoms with Gasteiger partial charge in [0.1, 0.15) is 5.82 Å². The maximum absolute atomic E-state index is 12.2. The van der Waals surface area contributed by atoms with Crippen molar-refractivity contribution in [3.8, 4) is 11.8 Å². The molecule has 3 aromatic rings. The number of nitrogen functional groups attached to an aromatic ring is 1. The fraction of sp³-hybridized carbons (Fsp3) is 0.176. The highest BCUT2D eigenvalue weighted by Crippen LogP contribution is 2.16. The van der Waals surface area contributed by atoms with Crippen molar-refractivity contribution in [2.45, 2.75) is 19.4 Å². The van der Waals surface area contributed by atoms with E-state index in [1.54, 1.807) is 24.5 Å². The first-order valence-electron chi connectivity index (χ1n) is 7.54. The molecule has 1 atom stereocenters. The third-order valence-electron chi connectivity index (χ3n) is 3.36. The second-order valence-electron chi connectivity index (χ2n) is 5.43. The summed E-state index contributed by atoms with van der Waals surface area (Å²) < 4.78 is 0.708. The largest absolute Gasteiger partial charge is 0.383 e. The molecular formula is C17H15BrN6O. The van der Waals surface area contributed by atoms with Gasteiger partial charge >= 0.3 is 0 Å². The minimum absolute atomic E-state index is 0.133. The van der Waals surface area contributed by atoms with Crippen molar-refractivity contribution in [2.24, 2.45) is 0 Å². The zero-order chi connectivity index (χ0) is 17.8. The maximum Gasteiger partial charge on any atom is 0.287 e. The third-order valence-corrected chi connectivity index (χ3v) is 4.00. The summed E-state index contributed by atoms with van der Waals surface area (Å²) in [6, 6.07) is 5.27. The number of hydrogen-bond acceptors (Lipinski definition) is 5. The maximum atomic E-state index is 12.2. The van der Waals surface area contributed by atoms with Crippen LogP contribution in [0, 0.1) is 11.8 Å². The first-order valence-corrected chi connectivity index (χ1v) is 8.33. The molecule has 1 amide bonds. The van der Waals surface area contributed by atoms with E-state index in [1.165, 1.54) is 0 Å². The molecule has 0 saturated carbocycles. The van der Waals surface area contributed by atoms with Crippen molar-refractivity contribution in [1.29, 1.82) is 0 Å². The average molecular weight is 399 g/mol. The number of amides is 1. The molecule has 25 heavy (non-hydrogen) atoms. The van der Waals surface area contributed by atoms with E-state index in [2.05, 4.69) is 53.0 Å². The predicted molar refractivity (Wildman–Crippen MR) is 98.7 cm³/mol. The molecule has 0 saturated heterocycles. The summed E-state index contributed by atoms with van der Waals surface area (Å²) in [6.07, 6.45) is 3.73. The van der Waals surface area contributed by atoms with Gasteiger partial charge in [0.2, 0.25) is 0 Å². The lowest BCUT2D eigenvalue weighted by molar-refractivity contribution is 0.0931. The highest BCUT2D eigenvalue weighted by Gasteiger charge is 2.13. The average Bonchev–Trinajstić information content (AvgIpc) is 3.02. The smallest absolute Gasteiger partial charge is 0.287 e. The van der Waals surface area contributed by atoms with Gasteiger partial charge in [-0.1, -0.05) is 11.8 Å². The van der Waals surface area contributed by atoms with Crippen molar-refractivity contribution < 1.29 is 4.79 Å². The van der Waals surface area contributed by atoms with Gasteiger partial charge in [0.05, 0.1) is 9.99 Å². The van der Waals surface area contributed by atoms with Gasteiger partial charge in [-0.3, -0.25) is 4.79 Å². The minimum Gasteiger partial charge on any atom is -0.383 e. The summed E-state index contributed by atoms with van der Waals surface area (Å²) in [4.78, 5) is 27.5. The Kier molecular flexibility index (Phi) is 4.95. The van der Waals surface area contributed by atoms with E-state index in [9.17, 15) is 4.79 Å². The number of anilines is 1. The Bertz CT molecular complexity index is 954. The highest BCUT2D eigenvalue weighted by molar-refractivity contribution is 9.10. The predicted octanol–water partition coefficient (Wildman–Crippen LogP) is 2.26. The summed E-state index contributed by atoms with van der Waals surface area (Å²) >= 11 is 3.31. The van der Waals surface area contributed by atoms with Crippen LogP contribution in [0.25, 0.3) is 11.2 Å². The Labute approximate surface area is 152 Å². The fourth-order valence-electron chi connectivity index (χ4n) is 2.12. The molecule has 3 heterocycles. The van der Waals surface area contributed by atoms with Gasteiger partial charge in [-0.2, -0.15) is 0 Å². The van der Waals surface area contributed by atoms with E-state index in [-0.39, 0.29) is 17.8 Å². The number of halogens is 1. The number of nitrogens with zero attached hydrogens (tertiary/aromatic N) is 3. The number of aromatic nitrogens is 4. The first-order chi connectivity index (χ1) is 12.0. The van der Waals surface area contributed by atoms with Gasteiger partial charge in [-0.25, -0.2) is 15.0 Å². The Hall–Kier alpha value is -2.92. The van der Waals surface area contributed by atoms with Crippen LogP contribution in [0.1, 0.15) is 29.5 Å². The Morgan fingerprint density at radius 2 is 2.32 bits per heavy atom. The van der Waals surface area contributed by atoms with Crippen molar-refractivity contribution >= 4 is 38.8 Å². The Morgan fingerprint density at radius 1 is 1.48 bits per heavy atom. The lowest BCUT2D eigenvalue weighted by Crippen LogP contribution is -2.32. The molecular weight excluding hydrogens is 384 g/mol. The SMILES string of the molecule is C[C@@H](CC#Cc1cnc(N)c(Br)c1)NC(=O)c1nc2ncccc2[nH]1. The number of fused-ring (bicyclic) bond motifs is 1. The van der Waals surface area contributed by atoms with Crippen LogP contribution in [0.5, 0.6) is 0 Å². The Morgan fingerprint density at radius 3 is 3.08 bits per heavy atom. The molecule has 0 spiro atoms. The van der Waals surface area contributed by atoms with Gasteiger partial charge in [-0.05, 0) is 41.1 Å². The molecule has 4 N–H and O–H groups in total. The molecule has 0 radical (unpaired) electrons. The molecule has 126 valence electrons. The van der Waals surface area contributed by atoms with Crippen LogP contribution < -0.4 is 11.1 Å². The molecule has 0 aromatic carbocycles. The number of carbonyl (C=O) groups excluding carboxylic acids is 1. The summed E-state index contributed by atoms with van der Waals surface area (Å²) in [7, 11) is 0. The van der Waals surface area contributed by atoms with E-state index in [4.69, 9.17) is 5.73 Å². The molecule has 0 fully saturated rings. The van der Waals surface area contributed by atoms with Gasteiger partial charge in [-0.15, -0.1) is 0 Å². The molecule has 0 unspecified atom stereocenters.